The van der Waals surface area contributed by atoms with Crippen LogP contribution in [0.3, 0.4) is 0 Å². The fraction of sp³-hybridized carbons (Fsp3) is 0.324. The van der Waals surface area contributed by atoms with E-state index in [1.54, 1.807) is 81.5 Å². The lowest BCUT2D eigenvalue weighted by Gasteiger charge is -2.42. The Labute approximate surface area is 289 Å². The zero-order valence-corrected chi connectivity index (χ0v) is 30.4. The molecule has 1 atom stereocenters. The highest BCUT2D eigenvalue weighted by Gasteiger charge is 2.58. The fourth-order valence-corrected chi connectivity index (χ4v) is 12.5. The van der Waals surface area contributed by atoms with Crippen molar-refractivity contribution in [2.24, 2.45) is 5.92 Å². The standard InChI is InChI=1S/C37H41NO8S3/c1-27-16-20-33(21-17-27)49(44,45)38(35(39)46-36(3,4)5)25-23-29-18-19-30-22-24-37(26-34(30)28(29)2,47(40,41)31-12-8-6-9-13-31)48(42,43)32-14-10-7-11-15-32/h6-17,20-23,34H,2,18-19,24-26H2,1,3-5H3/b29-23+. The van der Waals surface area contributed by atoms with Crippen LogP contribution in [0, 0.1) is 12.8 Å². The van der Waals surface area contributed by atoms with Crippen molar-refractivity contribution in [3.05, 3.63) is 126 Å². The van der Waals surface area contributed by atoms with Crippen molar-refractivity contribution in [2.45, 2.75) is 77.7 Å². The largest absolute Gasteiger partial charge is 0.443 e. The highest BCUT2D eigenvalue weighted by atomic mass is 32.3. The van der Waals surface area contributed by atoms with Crippen LogP contribution in [-0.4, -0.2) is 51.9 Å². The lowest BCUT2D eigenvalue weighted by molar-refractivity contribution is 0.0404. The number of allylic oxidation sites excluding steroid dienone is 4. The maximum atomic E-state index is 14.5. The highest BCUT2D eigenvalue weighted by molar-refractivity contribution is 8.10. The third-order valence-corrected chi connectivity index (χ3v) is 16.4. The molecule has 0 N–H and O–H groups in total. The molecule has 0 aromatic heterocycles. The number of amides is 1. The fourth-order valence-electron chi connectivity index (χ4n) is 6.30. The molecule has 3 aromatic rings. The molecule has 1 fully saturated rings. The second-order valence-electron chi connectivity index (χ2n) is 13.4. The zero-order chi connectivity index (χ0) is 35.8. The first-order valence-corrected chi connectivity index (χ1v) is 20.3. The van der Waals surface area contributed by atoms with Crippen LogP contribution in [0.1, 0.15) is 52.0 Å². The summed E-state index contributed by atoms with van der Waals surface area (Å²) in [4.78, 5) is 13.1. The number of sulfonamides is 1. The Morgan fingerprint density at radius 3 is 1.88 bits per heavy atom. The SMILES string of the molecule is C=C1/C(=C/CN(C(=O)OC(C)(C)C)S(=O)(=O)c2ccc(C)cc2)CCC2=CCC(S(=O)(=O)c3ccccc3)(S(=O)(=O)c3ccccc3)CC12. The molecule has 1 amide bonds. The van der Waals surface area contributed by atoms with E-state index in [0.717, 1.165) is 11.1 Å². The predicted molar refractivity (Wildman–Crippen MR) is 189 cm³/mol. The number of nitrogens with zero attached hydrogens (tertiary/aromatic N) is 1. The summed E-state index contributed by atoms with van der Waals surface area (Å²) in [5.74, 6) is -0.658. The van der Waals surface area contributed by atoms with Crippen molar-refractivity contribution in [3.8, 4) is 0 Å². The molecule has 2 aliphatic carbocycles. The Morgan fingerprint density at radius 2 is 1.37 bits per heavy atom. The summed E-state index contributed by atoms with van der Waals surface area (Å²) in [6, 6.07) is 21.3. The second kappa shape index (κ2) is 13.4. The lowest BCUT2D eigenvalue weighted by atomic mass is 9.72. The number of sulfone groups is 2. The molecule has 9 nitrogen and oxygen atoms in total. The van der Waals surface area contributed by atoms with E-state index >= 15 is 0 Å². The van der Waals surface area contributed by atoms with Crippen molar-refractivity contribution in [3.63, 3.8) is 0 Å². The molecule has 3 aromatic carbocycles. The maximum absolute atomic E-state index is 14.5. The van der Waals surface area contributed by atoms with Gasteiger partial charge in [-0.2, -0.15) is 4.31 Å². The summed E-state index contributed by atoms with van der Waals surface area (Å²) in [5.41, 5.74) is 1.84. The molecular formula is C37H41NO8S3. The van der Waals surface area contributed by atoms with Crippen LogP contribution in [0.2, 0.25) is 0 Å². The van der Waals surface area contributed by atoms with Crippen LogP contribution in [-0.2, 0) is 34.4 Å². The van der Waals surface area contributed by atoms with E-state index in [1.165, 1.54) is 36.4 Å². The van der Waals surface area contributed by atoms with Gasteiger partial charge < -0.3 is 4.74 Å². The van der Waals surface area contributed by atoms with Gasteiger partial charge in [-0.25, -0.2) is 30.0 Å². The van der Waals surface area contributed by atoms with Gasteiger partial charge in [-0.3, -0.25) is 0 Å². The summed E-state index contributed by atoms with van der Waals surface area (Å²) in [7, 11) is -13.3. The number of hydrogen-bond donors (Lipinski definition) is 0. The molecule has 0 radical (unpaired) electrons. The molecule has 2 aliphatic rings. The molecule has 0 saturated heterocycles. The zero-order valence-electron chi connectivity index (χ0n) is 28.0. The Morgan fingerprint density at radius 1 is 0.837 bits per heavy atom. The number of fused-ring (bicyclic) bond motifs is 1. The number of carbonyl (C=O) groups is 1. The van der Waals surface area contributed by atoms with E-state index in [2.05, 4.69) is 6.58 Å². The topological polar surface area (TPSA) is 132 Å². The van der Waals surface area contributed by atoms with Crippen LogP contribution in [0.15, 0.2) is 135 Å². The van der Waals surface area contributed by atoms with Crippen molar-refractivity contribution in [2.75, 3.05) is 6.54 Å². The second-order valence-corrected chi connectivity index (χ2v) is 20.0. The van der Waals surface area contributed by atoms with E-state index in [0.29, 0.717) is 28.3 Å². The van der Waals surface area contributed by atoms with E-state index in [4.69, 9.17) is 4.74 Å². The first-order chi connectivity index (χ1) is 22.9. The van der Waals surface area contributed by atoms with Gasteiger partial charge >= 0.3 is 6.09 Å². The van der Waals surface area contributed by atoms with Crippen LogP contribution in [0.4, 0.5) is 4.79 Å². The third-order valence-electron chi connectivity index (χ3n) is 8.95. The van der Waals surface area contributed by atoms with Gasteiger partial charge in [0.2, 0.25) is 0 Å². The predicted octanol–water partition coefficient (Wildman–Crippen LogP) is 7.18. The van der Waals surface area contributed by atoms with E-state index in [1.807, 2.05) is 6.92 Å². The van der Waals surface area contributed by atoms with Crippen LogP contribution in [0.5, 0.6) is 0 Å². The number of aryl methyl sites for hydroxylation is 1. The summed E-state index contributed by atoms with van der Waals surface area (Å²) in [6.45, 7) is 10.6. The summed E-state index contributed by atoms with van der Waals surface area (Å²) < 4.78 is 89.4. The van der Waals surface area contributed by atoms with Gasteiger partial charge in [0.1, 0.15) is 5.60 Å². The average molecular weight is 724 g/mol. The van der Waals surface area contributed by atoms with Crippen molar-refractivity contribution < 1.29 is 34.8 Å². The van der Waals surface area contributed by atoms with Crippen molar-refractivity contribution in [1.29, 1.82) is 0 Å². The minimum absolute atomic E-state index is 0.0793. The molecule has 0 heterocycles. The van der Waals surface area contributed by atoms with Crippen LogP contribution >= 0.6 is 0 Å². The van der Waals surface area contributed by atoms with E-state index in [-0.39, 0.29) is 34.1 Å². The molecule has 0 spiro atoms. The summed E-state index contributed by atoms with van der Waals surface area (Å²) in [5, 5.41) is 0. The summed E-state index contributed by atoms with van der Waals surface area (Å²) >= 11 is 0. The monoisotopic (exact) mass is 723 g/mol. The third kappa shape index (κ3) is 6.91. The lowest BCUT2D eigenvalue weighted by Crippen LogP contribution is -2.50. The van der Waals surface area contributed by atoms with E-state index in [9.17, 15) is 30.0 Å². The molecule has 0 bridgehead atoms. The average Bonchev–Trinajstić information content (AvgIpc) is 3.05. The van der Waals surface area contributed by atoms with Gasteiger partial charge in [-0.15, -0.1) is 0 Å². The van der Waals surface area contributed by atoms with E-state index < -0.39 is 51.4 Å². The molecule has 0 aliphatic heterocycles. The van der Waals surface area contributed by atoms with Crippen molar-refractivity contribution >= 4 is 35.8 Å². The minimum Gasteiger partial charge on any atom is -0.443 e. The first-order valence-electron chi connectivity index (χ1n) is 15.9. The minimum atomic E-state index is -4.47. The molecule has 260 valence electrons. The van der Waals surface area contributed by atoms with Gasteiger partial charge in [-0.1, -0.05) is 78.4 Å². The summed E-state index contributed by atoms with van der Waals surface area (Å²) in [6.07, 6.45) is 2.67. The Kier molecular flexibility index (Phi) is 9.90. The van der Waals surface area contributed by atoms with Gasteiger partial charge in [0.25, 0.3) is 10.0 Å². The Hall–Kier alpha value is -4.00. The highest BCUT2D eigenvalue weighted by Crippen LogP contribution is 2.52. The van der Waals surface area contributed by atoms with Gasteiger partial charge in [0, 0.05) is 12.3 Å². The normalized spacial score (nSPS) is 19.1. The molecule has 5 rings (SSSR count). The molecule has 1 saturated carbocycles. The van der Waals surface area contributed by atoms with Gasteiger partial charge in [0.05, 0.1) is 21.2 Å². The molecule has 49 heavy (non-hydrogen) atoms. The Bertz CT molecular complexity index is 2060. The number of hydrogen-bond acceptors (Lipinski definition) is 8. The van der Waals surface area contributed by atoms with Gasteiger partial charge in [0.15, 0.2) is 23.8 Å². The number of benzene rings is 3. The smallest absolute Gasteiger partial charge is 0.424 e. The van der Waals surface area contributed by atoms with Crippen LogP contribution in [0.25, 0.3) is 0 Å². The first kappa shape index (κ1) is 36.3. The van der Waals surface area contributed by atoms with Crippen LogP contribution < -0.4 is 0 Å². The maximum Gasteiger partial charge on any atom is 0.424 e. The quantitative estimate of drug-likeness (QED) is 0.224. The Balaban J connectivity index is 1.55. The molecule has 12 heteroatoms. The number of rotatable bonds is 8. The molecular weight excluding hydrogens is 683 g/mol. The molecule has 1 unspecified atom stereocenters. The number of carbonyl (C=O) groups excluding carboxylic acids is 1. The number of ether oxygens (including phenoxy) is 1. The van der Waals surface area contributed by atoms with Crippen molar-refractivity contribution in [1.82, 2.24) is 4.31 Å². The van der Waals surface area contributed by atoms with Gasteiger partial charge in [-0.05, 0) is 94.5 Å².